The van der Waals surface area contributed by atoms with E-state index in [0.29, 0.717) is 11.0 Å². The molecule has 4 rings (SSSR count). The maximum atomic E-state index is 12.4. The van der Waals surface area contributed by atoms with Crippen molar-refractivity contribution in [3.05, 3.63) is 53.1 Å². The number of carbonyl (C=O) groups is 1. The lowest BCUT2D eigenvalue weighted by Gasteiger charge is -2.33. The summed E-state index contributed by atoms with van der Waals surface area (Å²) in [6.45, 7) is 12.0. The number of piperidine rings is 1. The van der Waals surface area contributed by atoms with E-state index >= 15 is 0 Å². The summed E-state index contributed by atoms with van der Waals surface area (Å²) in [4.78, 5) is 14.9. The van der Waals surface area contributed by atoms with Crippen molar-refractivity contribution in [2.45, 2.75) is 59.3 Å². The Morgan fingerprint density at radius 2 is 1.94 bits per heavy atom. The number of anilines is 2. The molecule has 7 nitrogen and oxygen atoms in total. The van der Waals surface area contributed by atoms with Crippen molar-refractivity contribution in [2.75, 3.05) is 36.9 Å². The molecule has 2 aliphatic heterocycles. The fraction of sp³-hybridized carbons (Fsp3) is 0.500. The van der Waals surface area contributed by atoms with Crippen LogP contribution in [0.25, 0.3) is 0 Å². The summed E-state index contributed by atoms with van der Waals surface area (Å²) in [5.74, 6) is 0.624. The molecule has 7 heteroatoms. The third kappa shape index (κ3) is 6.74. The van der Waals surface area contributed by atoms with Crippen LogP contribution in [0.15, 0.2) is 36.4 Å². The van der Waals surface area contributed by atoms with Crippen molar-refractivity contribution >= 4 is 17.3 Å². The number of nitriles is 1. The summed E-state index contributed by atoms with van der Waals surface area (Å²) in [5.41, 5.74) is 4.36. The Labute approximate surface area is 208 Å². The highest BCUT2D eigenvalue weighted by Crippen LogP contribution is 2.41. The van der Waals surface area contributed by atoms with Crippen LogP contribution < -0.4 is 15.4 Å². The van der Waals surface area contributed by atoms with Crippen LogP contribution in [0.3, 0.4) is 0 Å². The van der Waals surface area contributed by atoms with Gasteiger partial charge in [-0.25, -0.2) is 0 Å². The first-order chi connectivity index (χ1) is 16.7. The zero-order valence-electron chi connectivity index (χ0n) is 21.2. The molecule has 1 fully saturated rings. The minimum Gasteiger partial charge on any atom is -0.464 e. The molecule has 35 heavy (non-hydrogen) atoms. The van der Waals surface area contributed by atoms with Crippen molar-refractivity contribution in [1.29, 1.82) is 5.26 Å². The van der Waals surface area contributed by atoms with Crippen LogP contribution in [0.4, 0.5) is 11.4 Å². The van der Waals surface area contributed by atoms with Crippen LogP contribution in [0, 0.1) is 23.7 Å². The number of rotatable bonds is 7. The molecular formula is C28H36N4O3. The molecule has 0 saturated carbocycles. The maximum absolute atomic E-state index is 12.4. The number of ether oxygens (including phenoxy) is 2. The zero-order chi connectivity index (χ0) is 25.0. The topological polar surface area (TPSA) is 86.6 Å². The van der Waals surface area contributed by atoms with Gasteiger partial charge in [0, 0.05) is 24.3 Å². The van der Waals surface area contributed by atoms with Gasteiger partial charge in [-0.1, -0.05) is 32.9 Å². The molecule has 2 aromatic rings. The molecule has 2 N–H and O–H groups in total. The number of carbonyl (C=O) groups excluding carboxylic acids is 1. The fourth-order valence-electron chi connectivity index (χ4n) is 4.47. The number of fused-ring (bicyclic) bond motifs is 1. The van der Waals surface area contributed by atoms with E-state index in [9.17, 15) is 10.1 Å². The summed E-state index contributed by atoms with van der Waals surface area (Å²) in [6, 6.07) is 13.4. The molecule has 2 aliphatic rings. The average Bonchev–Trinajstić information content (AvgIpc) is 3.27. The Kier molecular flexibility index (Phi) is 7.63. The van der Waals surface area contributed by atoms with E-state index < -0.39 is 0 Å². The molecule has 0 spiro atoms. The van der Waals surface area contributed by atoms with Gasteiger partial charge in [-0.05, 0) is 68.0 Å². The van der Waals surface area contributed by atoms with Gasteiger partial charge in [-0.15, -0.1) is 0 Å². The summed E-state index contributed by atoms with van der Waals surface area (Å²) >= 11 is 0. The normalized spacial score (nSPS) is 18.3. The first-order valence-corrected chi connectivity index (χ1v) is 12.4. The van der Waals surface area contributed by atoms with E-state index in [4.69, 9.17) is 9.47 Å². The Bertz CT molecular complexity index is 1080. The summed E-state index contributed by atoms with van der Waals surface area (Å²) < 4.78 is 11.9. The third-order valence-corrected chi connectivity index (χ3v) is 6.59. The molecule has 1 atom stereocenters. The van der Waals surface area contributed by atoms with Gasteiger partial charge in [-0.2, -0.15) is 5.26 Å². The number of nitrogens with one attached hydrogen (secondary N) is 2. The molecule has 1 unspecified atom stereocenters. The van der Waals surface area contributed by atoms with Crippen molar-refractivity contribution in [3.63, 3.8) is 0 Å². The van der Waals surface area contributed by atoms with Gasteiger partial charge in [0.15, 0.2) is 6.23 Å². The van der Waals surface area contributed by atoms with Crippen molar-refractivity contribution in [3.8, 4) is 11.8 Å². The predicted molar refractivity (Wildman–Crippen MR) is 137 cm³/mol. The summed E-state index contributed by atoms with van der Waals surface area (Å²) in [7, 11) is 0. The molecular weight excluding hydrogens is 440 g/mol. The van der Waals surface area contributed by atoms with Gasteiger partial charge in [0.2, 0.25) is 5.91 Å². The largest absolute Gasteiger partial charge is 0.464 e. The second-order valence-electron chi connectivity index (χ2n) is 10.8. The standard InChI is InChI=1S/C28H36N4O3/c1-19-15-20(17-29)16-24-26(19)35-27(31-24)21-5-7-22(8-6-21)30-25(33)18-34-23-9-12-32(13-10-23)14-11-28(2,3)4/h5-8,15-16,23,27,31H,9-14,18H2,1-4H3,(H,30,33). The molecule has 0 radical (unpaired) electrons. The van der Waals surface area contributed by atoms with Crippen LogP contribution in [0.5, 0.6) is 5.75 Å². The number of hydrogen-bond donors (Lipinski definition) is 2. The van der Waals surface area contributed by atoms with Crippen LogP contribution in [-0.4, -0.2) is 43.2 Å². The van der Waals surface area contributed by atoms with Gasteiger partial charge in [0.25, 0.3) is 0 Å². The number of likely N-dealkylation sites (tertiary alicyclic amines) is 1. The lowest BCUT2D eigenvalue weighted by atomic mass is 9.91. The van der Waals surface area contributed by atoms with Gasteiger partial charge >= 0.3 is 0 Å². The average molecular weight is 477 g/mol. The molecule has 186 valence electrons. The first-order valence-electron chi connectivity index (χ1n) is 12.4. The molecule has 2 heterocycles. The van der Waals surface area contributed by atoms with Crippen LogP contribution in [0.2, 0.25) is 0 Å². The van der Waals surface area contributed by atoms with Crippen LogP contribution in [-0.2, 0) is 9.53 Å². The van der Waals surface area contributed by atoms with E-state index in [-0.39, 0.29) is 24.8 Å². The highest BCUT2D eigenvalue weighted by Gasteiger charge is 2.26. The second-order valence-corrected chi connectivity index (χ2v) is 10.8. The van der Waals surface area contributed by atoms with Gasteiger partial charge < -0.3 is 25.0 Å². The molecule has 1 amide bonds. The fourth-order valence-corrected chi connectivity index (χ4v) is 4.47. The second kappa shape index (κ2) is 10.7. The van der Waals surface area contributed by atoms with E-state index in [0.717, 1.165) is 60.7 Å². The predicted octanol–water partition coefficient (Wildman–Crippen LogP) is 5.23. The minimum atomic E-state index is -0.333. The highest BCUT2D eigenvalue weighted by molar-refractivity contribution is 5.91. The summed E-state index contributed by atoms with van der Waals surface area (Å²) in [6.07, 6.45) is 2.94. The third-order valence-electron chi connectivity index (χ3n) is 6.59. The summed E-state index contributed by atoms with van der Waals surface area (Å²) in [5, 5.41) is 15.4. The van der Waals surface area contributed by atoms with E-state index in [1.807, 2.05) is 37.3 Å². The Morgan fingerprint density at radius 3 is 2.60 bits per heavy atom. The number of benzene rings is 2. The molecule has 2 aromatic carbocycles. The van der Waals surface area contributed by atoms with Gasteiger partial charge in [-0.3, -0.25) is 4.79 Å². The van der Waals surface area contributed by atoms with E-state index in [1.54, 1.807) is 6.07 Å². The van der Waals surface area contributed by atoms with Gasteiger partial charge in [0.05, 0.1) is 23.4 Å². The quantitative estimate of drug-likeness (QED) is 0.569. The molecule has 0 aliphatic carbocycles. The lowest BCUT2D eigenvalue weighted by Crippen LogP contribution is -2.39. The van der Waals surface area contributed by atoms with Crippen LogP contribution >= 0.6 is 0 Å². The maximum Gasteiger partial charge on any atom is 0.250 e. The minimum absolute atomic E-state index is 0.0670. The molecule has 1 saturated heterocycles. The lowest BCUT2D eigenvalue weighted by molar-refractivity contribution is -0.123. The van der Waals surface area contributed by atoms with Gasteiger partial charge in [0.1, 0.15) is 12.4 Å². The molecule has 0 bridgehead atoms. The SMILES string of the molecule is Cc1cc(C#N)cc2c1OC(c1ccc(NC(=O)COC3CCN(CCC(C)(C)C)CC3)cc1)N2. The highest BCUT2D eigenvalue weighted by atomic mass is 16.5. The Balaban J connectivity index is 1.21. The Morgan fingerprint density at radius 1 is 1.23 bits per heavy atom. The van der Waals surface area contributed by atoms with E-state index in [1.165, 1.54) is 6.42 Å². The number of aryl methyl sites for hydroxylation is 1. The van der Waals surface area contributed by atoms with Crippen molar-refractivity contribution in [1.82, 2.24) is 4.90 Å². The van der Waals surface area contributed by atoms with Crippen molar-refractivity contribution < 1.29 is 14.3 Å². The first kappa shape index (κ1) is 25.0. The molecule has 0 aromatic heterocycles. The monoisotopic (exact) mass is 476 g/mol. The zero-order valence-corrected chi connectivity index (χ0v) is 21.2. The number of amides is 1. The van der Waals surface area contributed by atoms with Crippen molar-refractivity contribution in [2.24, 2.45) is 5.41 Å². The smallest absolute Gasteiger partial charge is 0.250 e. The number of hydrogen-bond acceptors (Lipinski definition) is 6. The van der Waals surface area contributed by atoms with Crippen LogP contribution in [0.1, 0.15) is 63.0 Å². The van der Waals surface area contributed by atoms with E-state index in [2.05, 4.69) is 42.4 Å². The number of nitrogens with zero attached hydrogens (tertiary/aromatic N) is 2. The Hall–Kier alpha value is -3.08.